The maximum atomic E-state index is 13.4. The number of hydrogen-bond donors (Lipinski definition) is 0. The van der Waals surface area contributed by atoms with E-state index in [9.17, 15) is 22.8 Å². The minimum atomic E-state index is -4.59. The smallest absolute Gasteiger partial charge is 0.425 e. The van der Waals surface area contributed by atoms with Gasteiger partial charge in [-0.05, 0) is 38.7 Å². The molecule has 1 unspecified atom stereocenters. The highest BCUT2D eigenvalue weighted by Crippen LogP contribution is 2.43. The van der Waals surface area contributed by atoms with Crippen LogP contribution in [0.5, 0.6) is 0 Å². The van der Waals surface area contributed by atoms with Gasteiger partial charge in [-0.15, -0.1) is 11.3 Å². The summed E-state index contributed by atoms with van der Waals surface area (Å²) in [7, 11) is 0. The van der Waals surface area contributed by atoms with Gasteiger partial charge in [-0.25, -0.2) is 4.79 Å². The van der Waals surface area contributed by atoms with Crippen molar-refractivity contribution in [2.24, 2.45) is 0 Å². The van der Waals surface area contributed by atoms with Crippen molar-refractivity contribution in [3.05, 3.63) is 34.2 Å². The molecule has 2 saturated heterocycles. The predicted octanol–water partition coefficient (Wildman–Crippen LogP) is 5.71. The van der Waals surface area contributed by atoms with E-state index in [0.717, 1.165) is 29.9 Å². The van der Waals surface area contributed by atoms with Crippen molar-refractivity contribution in [1.82, 2.24) is 9.80 Å². The van der Waals surface area contributed by atoms with E-state index in [4.69, 9.17) is 11.6 Å². The van der Waals surface area contributed by atoms with E-state index in [-0.39, 0.29) is 19.0 Å². The molecule has 5 nitrogen and oxygen atoms in total. The molecule has 10 heteroatoms. The van der Waals surface area contributed by atoms with Crippen LogP contribution in [-0.4, -0.2) is 59.3 Å². The minimum Gasteiger partial charge on any atom is -0.437 e. The Hall–Kier alpha value is -2.00. The first-order chi connectivity index (χ1) is 14.6. The van der Waals surface area contributed by atoms with E-state index < -0.39 is 23.9 Å². The number of carbonyl (C=O) groups is 2. The number of hydrogen-bond acceptors (Lipinski definition) is 4. The zero-order valence-corrected chi connectivity index (χ0v) is 18.4. The fourth-order valence-electron chi connectivity index (χ4n) is 4.45. The number of amides is 2. The van der Waals surface area contributed by atoms with Gasteiger partial charge >= 0.3 is 12.3 Å². The van der Waals surface area contributed by atoms with Crippen molar-refractivity contribution in [2.45, 2.75) is 50.4 Å². The third kappa shape index (κ3) is 4.09. The highest BCUT2D eigenvalue weighted by atomic mass is 35.5. The van der Waals surface area contributed by atoms with Crippen molar-refractivity contribution in [3.63, 3.8) is 0 Å². The van der Waals surface area contributed by atoms with Gasteiger partial charge in [-0.3, -0.25) is 4.79 Å². The summed E-state index contributed by atoms with van der Waals surface area (Å²) in [6.45, 7) is 1.90. The average Bonchev–Trinajstić information content (AvgIpc) is 3.29. The number of benzene rings is 1. The second-order valence-electron chi connectivity index (χ2n) is 8.08. The third-order valence-electron chi connectivity index (χ3n) is 6.26. The Kier molecular flexibility index (Phi) is 5.85. The summed E-state index contributed by atoms with van der Waals surface area (Å²) in [5.41, 5.74) is -0.414. The predicted molar refractivity (Wildman–Crippen MR) is 113 cm³/mol. The molecule has 2 fully saturated rings. The number of fused-ring (bicyclic) bond motifs is 1. The zero-order chi connectivity index (χ0) is 22.4. The molecule has 0 N–H and O–H groups in total. The largest absolute Gasteiger partial charge is 0.437 e. The lowest BCUT2D eigenvalue weighted by Gasteiger charge is -2.44. The monoisotopic (exact) mass is 474 g/mol. The number of halogens is 4. The summed E-state index contributed by atoms with van der Waals surface area (Å²) in [6, 6.07) is 7.58. The number of alkyl halides is 3. The number of likely N-dealkylation sites (tertiary alicyclic amines) is 2. The molecule has 4 rings (SSSR count). The van der Waals surface area contributed by atoms with E-state index in [1.807, 2.05) is 29.2 Å². The molecular formula is C21H22ClF3N2O3S. The van der Waals surface area contributed by atoms with Gasteiger partial charge in [0, 0.05) is 35.3 Å². The molecule has 31 heavy (non-hydrogen) atoms. The second-order valence-corrected chi connectivity index (χ2v) is 9.51. The lowest BCUT2D eigenvalue weighted by Crippen LogP contribution is -2.55. The van der Waals surface area contributed by atoms with Crippen molar-refractivity contribution in [2.75, 3.05) is 19.6 Å². The number of carbonyl (C=O) groups excluding carboxylic acids is 2. The van der Waals surface area contributed by atoms with Gasteiger partial charge in [-0.1, -0.05) is 29.8 Å². The average molecular weight is 475 g/mol. The molecular weight excluding hydrogens is 453 g/mol. The minimum absolute atomic E-state index is 0.120. The Morgan fingerprint density at radius 1 is 1.16 bits per heavy atom. The maximum absolute atomic E-state index is 13.4. The summed E-state index contributed by atoms with van der Waals surface area (Å²) < 4.78 is 43.5. The molecule has 2 aliphatic rings. The molecule has 0 bridgehead atoms. The van der Waals surface area contributed by atoms with E-state index >= 15 is 0 Å². The molecule has 3 heterocycles. The Labute approximate surface area is 186 Å². The van der Waals surface area contributed by atoms with Crippen LogP contribution in [0.3, 0.4) is 0 Å². The number of thiophene rings is 1. The molecule has 0 aliphatic carbocycles. The summed E-state index contributed by atoms with van der Waals surface area (Å²) in [5.74, 6) is -0.120. The molecule has 0 radical (unpaired) electrons. The topological polar surface area (TPSA) is 49.9 Å². The number of rotatable bonds is 2. The fraction of sp³-hybridized carbons (Fsp3) is 0.524. The van der Waals surface area contributed by atoms with Gasteiger partial charge in [0.15, 0.2) is 6.10 Å². The van der Waals surface area contributed by atoms with Crippen LogP contribution in [0.2, 0.25) is 5.02 Å². The van der Waals surface area contributed by atoms with Gasteiger partial charge in [-0.2, -0.15) is 13.2 Å². The van der Waals surface area contributed by atoms with Crippen LogP contribution in [0.1, 0.15) is 42.3 Å². The Morgan fingerprint density at radius 2 is 1.84 bits per heavy atom. The normalized spacial score (nSPS) is 19.8. The molecule has 1 aromatic heterocycles. The molecule has 0 saturated carbocycles. The van der Waals surface area contributed by atoms with Crippen molar-refractivity contribution in [3.8, 4) is 0 Å². The van der Waals surface area contributed by atoms with E-state index in [1.54, 1.807) is 0 Å². The van der Waals surface area contributed by atoms with Crippen LogP contribution in [0.25, 0.3) is 10.1 Å². The van der Waals surface area contributed by atoms with Gasteiger partial charge in [0.25, 0.3) is 5.91 Å². The van der Waals surface area contributed by atoms with Crippen LogP contribution < -0.4 is 0 Å². The standard InChI is InChI=1S/C21H22ClF3N2O3S/c1-13(21(23,24)25)30-19(29)26-11-8-20(9-12-26)7-4-10-27(20)18(28)17-16(22)14-5-2-3-6-15(14)31-17/h2-3,5-6,13H,4,7-12H2,1H3. The van der Waals surface area contributed by atoms with E-state index in [1.165, 1.54) is 16.2 Å². The molecule has 2 aliphatic heterocycles. The molecule has 2 amide bonds. The zero-order valence-electron chi connectivity index (χ0n) is 16.9. The summed E-state index contributed by atoms with van der Waals surface area (Å²) in [5, 5.41) is 1.30. The summed E-state index contributed by atoms with van der Waals surface area (Å²) in [6.07, 6.45) is -5.09. The molecule has 168 valence electrons. The summed E-state index contributed by atoms with van der Waals surface area (Å²) >= 11 is 7.88. The summed E-state index contributed by atoms with van der Waals surface area (Å²) in [4.78, 5) is 29.2. The first kappa shape index (κ1) is 22.2. The van der Waals surface area contributed by atoms with Crippen LogP contribution in [0.4, 0.5) is 18.0 Å². The first-order valence-corrected chi connectivity index (χ1v) is 11.3. The first-order valence-electron chi connectivity index (χ1n) is 10.1. The van der Waals surface area contributed by atoms with Crippen LogP contribution in [0, 0.1) is 0 Å². The van der Waals surface area contributed by atoms with Crippen molar-refractivity contribution in [1.29, 1.82) is 0 Å². The molecule has 2 aromatic rings. The Balaban J connectivity index is 1.47. The quantitative estimate of drug-likeness (QED) is 0.560. The van der Waals surface area contributed by atoms with Gasteiger partial charge in [0.2, 0.25) is 0 Å². The van der Waals surface area contributed by atoms with Crippen molar-refractivity contribution < 1.29 is 27.5 Å². The maximum Gasteiger partial charge on any atom is 0.425 e. The number of nitrogens with zero attached hydrogens (tertiary/aromatic N) is 2. The van der Waals surface area contributed by atoms with Gasteiger partial charge in [0.05, 0.1) is 5.02 Å². The second kappa shape index (κ2) is 8.16. The fourth-order valence-corrected chi connectivity index (χ4v) is 5.91. The molecule has 1 atom stereocenters. The number of piperidine rings is 1. The molecule has 1 spiro atoms. The SMILES string of the molecule is CC(OC(=O)N1CCC2(CCCN2C(=O)c2sc3ccccc3c2Cl)CC1)C(F)(F)F. The third-order valence-corrected chi connectivity index (χ3v) is 7.93. The van der Waals surface area contributed by atoms with Crippen LogP contribution in [0.15, 0.2) is 24.3 Å². The lowest BCUT2D eigenvalue weighted by molar-refractivity contribution is -0.200. The van der Waals surface area contributed by atoms with E-state index in [2.05, 4.69) is 4.74 Å². The van der Waals surface area contributed by atoms with Crippen LogP contribution in [-0.2, 0) is 4.74 Å². The van der Waals surface area contributed by atoms with Gasteiger partial charge in [0.1, 0.15) is 4.88 Å². The van der Waals surface area contributed by atoms with Crippen LogP contribution >= 0.6 is 22.9 Å². The Morgan fingerprint density at radius 3 is 2.48 bits per heavy atom. The van der Waals surface area contributed by atoms with Crippen molar-refractivity contribution >= 4 is 45.0 Å². The number of ether oxygens (including phenoxy) is 1. The highest BCUT2D eigenvalue weighted by Gasteiger charge is 2.47. The van der Waals surface area contributed by atoms with E-state index in [0.29, 0.717) is 29.3 Å². The Bertz CT molecular complexity index is 1000. The lowest BCUT2D eigenvalue weighted by atomic mass is 9.85. The highest BCUT2D eigenvalue weighted by molar-refractivity contribution is 7.21. The molecule has 1 aromatic carbocycles. The van der Waals surface area contributed by atoms with Gasteiger partial charge < -0.3 is 14.5 Å².